The van der Waals surface area contributed by atoms with E-state index in [-0.39, 0.29) is 17.6 Å². The Labute approximate surface area is 171 Å². The van der Waals surface area contributed by atoms with E-state index in [2.05, 4.69) is 48.5 Å². The average Bonchev–Trinajstić information content (AvgIpc) is 3.12. The van der Waals surface area contributed by atoms with Gasteiger partial charge in [-0.2, -0.15) is 0 Å². The van der Waals surface area contributed by atoms with Crippen molar-refractivity contribution < 1.29 is 4.74 Å². The molecule has 2 aromatic rings. The van der Waals surface area contributed by atoms with Crippen molar-refractivity contribution in [3.63, 3.8) is 0 Å². The minimum Gasteiger partial charge on any atom is -0.477 e. The number of fused-ring (bicyclic) bond motifs is 1. The summed E-state index contributed by atoms with van der Waals surface area (Å²) in [6.07, 6.45) is 7.23. The molecule has 0 spiro atoms. The average molecular weight is 386 g/mol. The topological polar surface area (TPSA) is 63.2 Å². The molecule has 1 fully saturated rings. The van der Waals surface area contributed by atoms with Gasteiger partial charge in [-0.1, -0.05) is 54.6 Å². The van der Waals surface area contributed by atoms with E-state index >= 15 is 0 Å². The van der Waals surface area contributed by atoms with Gasteiger partial charge in [-0.05, 0) is 49.0 Å². The Balaban J connectivity index is 1.51. The third-order valence-corrected chi connectivity index (χ3v) is 6.16. The van der Waals surface area contributed by atoms with Crippen LogP contribution in [0.4, 0.5) is 0 Å². The zero-order valence-electron chi connectivity index (χ0n) is 16.7. The van der Waals surface area contributed by atoms with Crippen molar-refractivity contribution in [3.05, 3.63) is 83.4 Å². The molecule has 5 nitrogen and oxygen atoms in total. The van der Waals surface area contributed by atoms with Crippen LogP contribution in [-0.2, 0) is 10.3 Å². The number of hydrogen-bond donors (Lipinski definition) is 1. The number of amidine groups is 1. The smallest absolute Gasteiger partial charge is 0.231 e. The maximum atomic E-state index is 6.51. The van der Waals surface area contributed by atoms with Crippen LogP contribution in [0.15, 0.2) is 76.8 Å². The second-order valence-corrected chi connectivity index (χ2v) is 7.97. The fourth-order valence-corrected chi connectivity index (χ4v) is 4.38. The summed E-state index contributed by atoms with van der Waals surface area (Å²) in [5.41, 5.74) is 9.95. The Kier molecular flexibility index (Phi) is 4.47. The summed E-state index contributed by atoms with van der Waals surface area (Å²) in [6.45, 7) is 2.56. The van der Waals surface area contributed by atoms with Crippen LogP contribution < -0.4 is 5.73 Å². The van der Waals surface area contributed by atoms with Crippen molar-refractivity contribution in [3.8, 4) is 0 Å². The standard InChI is InChI=1S/C24H26N4O/c1-2-29-21-14-13-20-26-22(23(28(20)27-21)18-7-4-3-5-8-18)17-9-11-19(12-10-17)24(25)15-6-16-24/h3-5,7-14,22-23H,2,6,15-16,25H2,1H3. The SMILES string of the molecule is CCOC1=NN2C(=NC(c3ccc(C4(N)CCC4)cc3)C2c2ccccc2)C=C1. The van der Waals surface area contributed by atoms with E-state index in [0.29, 0.717) is 12.5 Å². The highest BCUT2D eigenvalue weighted by Crippen LogP contribution is 2.44. The monoisotopic (exact) mass is 386 g/mol. The Morgan fingerprint density at radius 2 is 1.79 bits per heavy atom. The Morgan fingerprint density at radius 1 is 1.03 bits per heavy atom. The lowest BCUT2D eigenvalue weighted by Crippen LogP contribution is -2.43. The van der Waals surface area contributed by atoms with E-state index in [4.69, 9.17) is 20.6 Å². The zero-order chi connectivity index (χ0) is 19.8. The Hall–Kier alpha value is -2.92. The minimum absolute atomic E-state index is 0.00649. The molecule has 0 saturated heterocycles. The first-order valence-electron chi connectivity index (χ1n) is 10.4. The fourth-order valence-electron chi connectivity index (χ4n) is 4.38. The van der Waals surface area contributed by atoms with Crippen LogP contribution in [-0.4, -0.2) is 23.3 Å². The lowest BCUT2D eigenvalue weighted by molar-refractivity contribution is 0.253. The highest BCUT2D eigenvalue weighted by molar-refractivity contribution is 6.04. The molecule has 2 unspecified atom stereocenters. The number of rotatable bonds is 4. The predicted octanol–water partition coefficient (Wildman–Crippen LogP) is 4.44. The molecular formula is C24H26N4O. The lowest BCUT2D eigenvalue weighted by Gasteiger charge is -2.38. The third kappa shape index (κ3) is 3.15. The van der Waals surface area contributed by atoms with Gasteiger partial charge in [0.25, 0.3) is 0 Å². The normalized spacial score (nSPS) is 24.4. The molecule has 2 aliphatic heterocycles. The summed E-state index contributed by atoms with van der Waals surface area (Å²) in [6, 6.07) is 19.1. The highest BCUT2D eigenvalue weighted by atomic mass is 16.5. The first kappa shape index (κ1) is 18.1. The van der Waals surface area contributed by atoms with Gasteiger partial charge in [-0.3, -0.25) is 4.99 Å². The number of aliphatic imine (C=N–C) groups is 1. The van der Waals surface area contributed by atoms with Crippen molar-refractivity contribution in [2.24, 2.45) is 15.8 Å². The van der Waals surface area contributed by atoms with Gasteiger partial charge in [0.05, 0.1) is 6.61 Å². The molecule has 5 heteroatoms. The third-order valence-electron chi connectivity index (χ3n) is 6.16. The molecule has 0 aromatic heterocycles. The van der Waals surface area contributed by atoms with E-state index in [1.165, 1.54) is 23.1 Å². The summed E-state index contributed by atoms with van der Waals surface area (Å²) in [5.74, 6) is 1.49. The van der Waals surface area contributed by atoms with Crippen LogP contribution in [0.1, 0.15) is 55.0 Å². The van der Waals surface area contributed by atoms with Gasteiger partial charge >= 0.3 is 0 Å². The maximum Gasteiger partial charge on any atom is 0.231 e. The summed E-state index contributed by atoms with van der Waals surface area (Å²) in [7, 11) is 0. The van der Waals surface area contributed by atoms with Gasteiger partial charge in [0, 0.05) is 11.6 Å². The van der Waals surface area contributed by atoms with Crippen LogP contribution in [0.25, 0.3) is 0 Å². The summed E-state index contributed by atoms with van der Waals surface area (Å²) in [5, 5.41) is 6.73. The largest absolute Gasteiger partial charge is 0.477 e. The van der Waals surface area contributed by atoms with E-state index in [1.54, 1.807) is 0 Å². The zero-order valence-corrected chi connectivity index (χ0v) is 16.7. The number of nitrogens with zero attached hydrogens (tertiary/aromatic N) is 3. The molecule has 2 atom stereocenters. The molecule has 0 radical (unpaired) electrons. The van der Waals surface area contributed by atoms with Crippen LogP contribution in [0, 0.1) is 0 Å². The molecule has 2 aromatic carbocycles. The van der Waals surface area contributed by atoms with E-state index in [1.807, 2.05) is 30.2 Å². The molecule has 2 N–H and O–H groups in total. The van der Waals surface area contributed by atoms with Crippen LogP contribution in [0.3, 0.4) is 0 Å². The first-order valence-corrected chi connectivity index (χ1v) is 10.4. The number of ether oxygens (including phenoxy) is 1. The quantitative estimate of drug-likeness (QED) is 0.845. The molecule has 1 aliphatic carbocycles. The minimum atomic E-state index is -0.143. The second kappa shape index (κ2) is 7.16. The van der Waals surface area contributed by atoms with Crippen LogP contribution in [0.5, 0.6) is 0 Å². The highest BCUT2D eigenvalue weighted by Gasteiger charge is 2.40. The van der Waals surface area contributed by atoms with Gasteiger partial charge < -0.3 is 10.5 Å². The number of hydrogen-bond acceptors (Lipinski definition) is 5. The summed E-state index contributed by atoms with van der Waals surface area (Å²) in [4.78, 5) is 5.02. The maximum absolute atomic E-state index is 6.51. The van der Waals surface area contributed by atoms with Crippen molar-refractivity contribution in [1.82, 2.24) is 5.01 Å². The Bertz CT molecular complexity index is 974. The molecular weight excluding hydrogens is 360 g/mol. The van der Waals surface area contributed by atoms with E-state index in [0.717, 1.165) is 18.7 Å². The molecule has 2 heterocycles. The van der Waals surface area contributed by atoms with Gasteiger partial charge in [-0.15, -0.1) is 5.10 Å². The fraction of sp³-hybridized carbons (Fsp3) is 0.333. The van der Waals surface area contributed by atoms with Crippen molar-refractivity contribution >= 4 is 11.7 Å². The summed E-state index contributed by atoms with van der Waals surface area (Å²) >= 11 is 0. The lowest BCUT2D eigenvalue weighted by atomic mass is 9.72. The molecule has 29 heavy (non-hydrogen) atoms. The predicted molar refractivity (Wildman–Crippen MR) is 116 cm³/mol. The molecule has 1 saturated carbocycles. The van der Waals surface area contributed by atoms with Crippen molar-refractivity contribution in [2.75, 3.05) is 6.61 Å². The van der Waals surface area contributed by atoms with Gasteiger partial charge in [0.2, 0.25) is 5.90 Å². The molecule has 0 bridgehead atoms. The molecule has 0 amide bonds. The molecule has 3 aliphatic rings. The number of benzene rings is 2. The second-order valence-electron chi connectivity index (χ2n) is 7.97. The van der Waals surface area contributed by atoms with E-state index < -0.39 is 0 Å². The number of hydrazone groups is 1. The molecule has 148 valence electrons. The first-order chi connectivity index (χ1) is 14.2. The summed E-state index contributed by atoms with van der Waals surface area (Å²) < 4.78 is 5.64. The number of nitrogens with two attached hydrogens (primary N) is 1. The van der Waals surface area contributed by atoms with Crippen LogP contribution >= 0.6 is 0 Å². The Morgan fingerprint density at radius 3 is 2.45 bits per heavy atom. The van der Waals surface area contributed by atoms with Crippen molar-refractivity contribution in [1.29, 1.82) is 0 Å². The van der Waals surface area contributed by atoms with E-state index in [9.17, 15) is 0 Å². The van der Waals surface area contributed by atoms with Gasteiger partial charge in [0.15, 0.2) is 0 Å². The van der Waals surface area contributed by atoms with Gasteiger partial charge in [0.1, 0.15) is 17.9 Å². The molecule has 5 rings (SSSR count). The van der Waals surface area contributed by atoms with Crippen molar-refractivity contribution in [2.45, 2.75) is 43.8 Å². The van der Waals surface area contributed by atoms with Crippen LogP contribution in [0.2, 0.25) is 0 Å². The van der Waals surface area contributed by atoms with Gasteiger partial charge in [-0.25, -0.2) is 5.01 Å².